The fourth-order valence-electron chi connectivity index (χ4n) is 1.98. The lowest BCUT2D eigenvalue weighted by Gasteiger charge is -2.23. The smallest absolute Gasteiger partial charge is 0.266 e. The molecule has 118 valence electrons. The minimum atomic E-state index is -4.57. The molecule has 0 saturated carbocycles. The second-order valence-electron chi connectivity index (χ2n) is 4.30. The number of hydrogen-bond acceptors (Lipinski definition) is 2. The molecule has 2 aromatic rings. The maximum Gasteiger partial charge on any atom is 0.270 e. The van der Waals surface area contributed by atoms with Crippen LogP contribution in [0, 0.1) is 17.5 Å². The molecule has 0 aromatic heterocycles. The Bertz CT molecular complexity index is 797. The largest absolute Gasteiger partial charge is 0.270 e. The molecule has 0 spiro atoms. The van der Waals surface area contributed by atoms with Crippen LogP contribution in [0.5, 0.6) is 0 Å². The topological polar surface area (TPSA) is 37.4 Å². The minimum Gasteiger partial charge on any atom is -0.266 e. The monoisotopic (exact) mass is 349 g/mol. The van der Waals surface area contributed by atoms with Gasteiger partial charge in [-0.25, -0.2) is 21.6 Å². The number of benzene rings is 2. The second kappa shape index (κ2) is 6.18. The van der Waals surface area contributed by atoms with Crippen molar-refractivity contribution in [3.05, 3.63) is 58.9 Å². The summed E-state index contributed by atoms with van der Waals surface area (Å²) in [7, 11) is -4.57. The number of rotatable bonds is 4. The van der Waals surface area contributed by atoms with Crippen LogP contribution < -0.4 is 4.31 Å². The van der Waals surface area contributed by atoms with Gasteiger partial charge < -0.3 is 0 Å². The van der Waals surface area contributed by atoms with Crippen LogP contribution in [0.1, 0.15) is 6.92 Å². The van der Waals surface area contributed by atoms with E-state index in [0.29, 0.717) is 0 Å². The van der Waals surface area contributed by atoms with Gasteiger partial charge in [-0.15, -0.1) is 0 Å². The molecule has 3 nitrogen and oxygen atoms in total. The minimum absolute atomic E-state index is 0.0692. The quantitative estimate of drug-likeness (QED) is 0.618. The van der Waals surface area contributed by atoms with Crippen molar-refractivity contribution in [1.29, 1.82) is 0 Å². The Balaban J connectivity index is 2.67. The molecule has 2 rings (SSSR count). The van der Waals surface area contributed by atoms with Gasteiger partial charge in [-0.3, -0.25) is 4.31 Å². The van der Waals surface area contributed by atoms with Gasteiger partial charge in [0.05, 0.1) is 5.69 Å². The van der Waals surface area contributed by atoms with Crippen LogP contribution in [0.4, 0.5) is 18.9 Å². The molecule has 0 radical (unpaired) electrons. The van der Waals surface area contributed by atoms with Crippen LogP contribution in [0.15, 0.2) is 41.3 Å². The lowest BCUT2D eigenvalue weighted by molar-refractivity contribution is 0.497. The number of hydrogen-bond donors (Lipinski definition) is 0. The fraction of sp³-hybridized carbons (Fsp3) is 0.143. The summed E-state index contributed by atoms with van der Waals surface area (Å²) in [5.41, 5.74) is 0.226. The molecule has 0 amide bonds. The second-order valence-corrected chi connectivity index (χ2v) is 6.48. The summed E-state index contributed by atoms with van der Waals surface area (Å²) in [5.74, 6) is -4.54. The molecule has 2 aromatic carbocycles. The average Bonchev–Trinajstić information content (AvgIpc) is 2.46. The van der Waals surface area contributed by atoms with Gasteiger partial charge in [0.1, 0.15) is 16.7 Å². The maximum absolute atomic E-state index is 14.0. The normalized spacial score (nSPS) is 11.5. The zero-order valence-electron chi connectivity index (χ0n) is 11.4. The van der Waals surface area contributed by atoms with Gasteiger partial charge in [0, 0.05) is 12.6 Å². The highest BCUT2D eigenvalue weighted by Gasteiger charge is 2.33. The van der Waals surface area contributed by atoms with Gasteiger partial charge in [0.15, 0.2) is 10.7 Å². The Kier molecular flexibility index (Phi) is 4.67. The van der Waals surface area contributed by atoms with E-state index in [0.717, 1.165) is 4.31 Å². The molecule has 0 aliphatic heterocycles. The first-order valence-corrected chi connectivity index (χ1v) is 8.03. The van der Waals surface area contributed by atoms with Gasteiger partial charge >= 0.3 is 0 Å². The van der Waals surface area contributed by atoms with Gasteiger partial charge in [-0.1, -0.05) is 29.8 Å². The van der Waals surface area contributed by atoms with Crippen molar-refractivity contribution >= 4 is 27.3 Å². The zero-order valence-corrected chi connectivity index (χ0v) is 12.9. The van der Waals surface area contributed by atoms with E-state index >= 15 is 0 Å². The Morgan fingerprint density at radius 2 is 1.68 bits per heavy atom. The average molecular weight is 350 g/mol. The Hall–Kier alpha value is -1.73. The highest BCUT2D eigenvalue weighted by atomic mass is 35.5. The van der Waals surface area contributed by atoms with E-state index in [2.05, 4.69) is 0 Å². The molecule has 0 unspecified atom stereocenters. The first-order chi connectivity index (χ1) is 10.3. The van der Waals surface area contributed by atoms with Gasteiger partial charge in [0.25, 0.3) is 10.0 Å². The van der Waals surface area contributed by atoms with Crippen LogP contribution in [0.3, 0.4) is 0 Å². The summed E-state index contributed by atoms with van der Waals surface area (Å²) >= 11 is 5.36. The van der Waals surface area contributed by atoms with Crippen molar-refractivity contribution in [3.8, 4) is 0 Å². The third kappa shape index (κ3) is 2.78. The van der Waals surface area contributed by atoms with Crippen LogP contribution >= 0.6 is 11.6 Å². The molecule has 0 aliphatic rings. The summed E-state index contributed by atoms with van der Waals surface area (Å²) in [5, 5.41) is -1.07. The van der Waals surface area contributed by atoms with Gasteiger partial charge in [-0.05, 0) is 19.1 Å². The molecular weight excluding hydrogens is 339 g/mol. The van der Waals surface area contributed by atoms with E-state index in [9.17, 15) is 21.6 Å². The lowest BCUT2D eigenvalue weighted by Crippen LogP contribution is -2.32. The predicted molar refractivity (Wildman–Crippen MR) is 78.0 cm³/mol. The van der Waals surface area contributed by atoms with Crippen molar-refractivity contribution < 1.29 is 21.6 Å². The lowest BCUT2D eigenvalue weighted by atomic mass is 10.3. The molecule has 0 heterocycles. The standard InChI is InChI=1S/C14H11ClF3NO2S/c1-2-19(9-6-4-3-5-7-9)22(20,21)14-11(17)8-10(16)12(15)13(14)18/h3-8H,2H2,1H3. The highest BCUT2D eigenvalue weighted by molar-refractivity contribution is 7.92. The summed E-state index contributed by atoms with van der Waals surface area (Å²) < 4.78 is 66.9. The number of anilines is 1. The Morgan fingerprint density at radius 1 is 1.09 bits per heavy atom. The van der Waals surface area contributed by atoms with Crippen molar-refractivity contribution in [2.24, 2.45) is 0 Å². The maximum atomic E-state index is 14.0. The highest BCUT2D eigenvalue weighted by Crippen LogP contribution is 2.31. The molecule has 0 saturated heterocycles. The number of halogens is 4. The molecule has 0 aliphatic carbocycles. The molecule has 0 bridgehead atoms. The van der Waals surface area contributed by atoms with E-state index in [-0.39, 0.29) is 18.3 Å². The van der Waals surface area contributed by atoms with Crippen LogP contribution in [-0.4, -0.2) is 15.0 Å². The van der Waals surface area contributed by atoms with E-state index in [1.807, 2.05) is 0 Å². The molecule has 22 heavy (non-hydrogen) atoms. The van der Waals surface area contributed by atoms with E-state index in [1.165, 1.54) is 19.1 Å². The van der Waals surface area contributed by atoms with Crippen LogP contribution in [0.2, 0.25) is 5.02 Å². The van der Waals surface area contributed by atoms with Crippen molar-refractivity contribution in [2.75, 3.05) is 10.8 Å². The van der Waals surface area contributed by atoms with Gasteiger partial charge in [0.2, 0.25) is 0 Å². The van der Waals surface area contributed by atoms with Crippen molar-refractivity contribution in [2.45, 2.75) is 11.8 Å². The predicted octanol–water partition coefficient (Wildman–Crippen LogP) is 3.97. The molecule has 0 atom stereocenters. The summed E-state index contributed by atoms with van der Waals surface area (Å²) in [6, 6.07) is 8.02. The van der Waals surface area contributed by atoms with E-state index in [4.69, 9.17) is 11.6 Å². The first kappa shape index (κ1) is 16.6. The third-order valence-corrected chi connectivity index (χ3v) is 5.24. The van der Waals surface area contributed by atoms with Crippen LogP contribution in [0.25, 0.3) is 0 Å². The molecular formula is C14H11ClF3NO2S. The van der Waals surface area contributed by atoms with E-state index < -0.39 is 37.4 Å². The third-order valence-electron chi connectivity index (χ3n) is 2.95. The first-order valence-electron chi connectivity index (χ1n) is 6.21. The van der Waals surface area contributed by atoms with Crippen molar-refractivity contribution in [1.82, 2.24) is 0 Å². The Labute approximate surface area is 131 Å². The number of nitrogens with zero attached hydrogens (tertiary/aromatic N) is 1. The van der Waals surface area contributed by atoms with E-state index in [1.54, 1.807) is 18.2 Å². The summed E-state index contributed by atoms with van der Waals surface area (Å²) in [4.78, 5) is -1.27. The SMILES string of the molecule is CCN(c1ccccc1)S(=O)(=O)c1c(F)cc(F)c(Cl)c1F. The molecule has 0 N–H and O–H groups in total. The summed E-state index contributed by atoms with van der Waals surface area (Å²) in [6.07, 6.45) is 0. The molecule has 8 heteroatoms. The van der Waals surface area contributed by atoms with Crippen LogP contribution in [-0.2, 0) is 10.0 Å². The Morgan fingerprint density at radius 3 is 2.23 bits per heavy atom. The fourth-order valence-corrected chi connectivity index (χ4v) is 3.78. The number of para-hydroxylation sites is 1. The number of sulfonamides is 1. The zero-order chi connectivity index (χ0) is 16.5. The van der Waals surface area contributed by atoms with Crippen molar-refractivity contribution in [3.63, 3.8) is 0 Å². The molecule has 0 fully saturated rings. The van der Waals surface area contributed by atoms with Gasteiger partial charge in [-0.2, -0.15) is 0 Å². The summed E-state index contributed by atoms with van der Waals surface area (Å²) in [6.45, 7) is 1.44.